The summed E-state index contributed by atoms with van der Waals surface area (Å²) in [5.74, 6) is 0.768. The van der Waals surface area contributed by atoms with Crippen LogP contribution in [0, 0.1) is 5.92 Å². The molecule has 0 aliphatic heterocycles. The summed E-state index contributed by atoms with van der Waals surface area (Å²) in [6.45, 7) is 9.99. The van der Waals surface area contributed by atoms with E-state index in [1.807, 2.05) is 0 Å². The molecule has 16 heavy (non-hydrogen) atoms. The van der Waals surface area contributed by atoms with Gasteiger partial charge in [-0.25, -0.2) is 0 Å². The van der Waals surface area contributed by atoms with E-state index in [-0.39, 0.29) is 0 Å². The number of hydrogen-bond donors (Lipinski definition) is 1. The van der Waals surface area contributed by atoms with Gasteiger partial charge in [-0.15, -0.1) is 0 Å². The van der Waals surface area contributed by atoms with Crippen molar-refractivity contribution in [1.29, 1.82) is 0 Å². The molecular weight excluding hydrogens is 202 g/mol. The number of methoxy groups -OCH3 is 1. The minimum Gasteiger partial charge on any atom is -0.382 e. The van der Waals surface area contributed by atoms with E-state index in [9.17, 15) is 0 Å². The van der Waals surface area contributed by atoms with Crippen molar-refractivity contribution in [3.05, 3.63) is 0 Å². The van der Waals surface area contributed by atoms with Crippen molar-refractivity contribution in [2.45, 2.75) is 46.1 Å². The van der Waals surface area contributed by atoms with Crippen molar-refractivity contribution in [1.82, 2.24) is 5.32 Å². The summed E-state index contributed by atoms with van der Waals surface area (Å²) in [6, 6.07) is 0.499. The second kappa shape index (κ2) is 11.4. The molecule has 0 aromatic rings. The molecule has 3 nitrogen and oxygen atoms in total. The average Bonchev–Trinajstić information content (AvgIpc) is 2.26. The van der Waals surface area contributed by atoms with Crippen LogP contribution in [0.2, 0.25) is 0 Å². The van der Waals surface area contributed by atoms with Crippen molar-refractivity contribution >= 4 is 0 Å². The lowest BCUT2D eigenvalue weighted by atomic mass is 10.0. The minimum atomic E-state index is 0.499. The van der Waals surface area contributed by atoms with Crippen molar-refractivity contribution < 1.29 is 9.47 Å². The highest BCUT2D eigenvalue weighted by Crippen LogP contribution is 2.07. The Hall–Kier alpha value is -0.120. The quantitative estimate of drug-likeness (QED) is 0.554. The third-order valence-electron chi connectivity index (χ3n) is 2.53. The lowest BCUT2D eigenvalue weighted by molar-refractivity contribution is 0.0567. The summed E-state index contributed by atoms with van der Waals surface area (Å²) in [7, 11) is 1.70. The Kier molecular flexibility index (Phi) is 11.3. The zero-order valence-corrected chi connectivity index (χ0v) is 11.4. The fourth-order valence-electron chi connectivity index (χ4n) is 1.50. The van der Waals surface area contributed by atoms with Gasteiger partial charge in [0.1, 0.15) is 0 Å². The van der Waals surface area contributed by atoms with Crippen LogP contribution in [0.3, 0.4) is 0 Å². The molecule has 0 rings (SSSR count). The molecule has 0 saturated heterocycles. The van der Waals surface area contributed by atoms with Gasteiger partial charge in [0, 0.05) is 13.2 Å². The molecule has 0 heterocycles. The maximum absolute atomic E-state index is 5.58. The third kappa shape index (κ3) is 10.4. The molecule has 3 heteroatoms. The van der Waals surface area contributed by atoms with E-state index in [0.717, 1.165) is 19.1 Å². The van der Waals surface area contributed by atoms with Crippen LogP contribution in [0.1, 0.15) is 40.0 Å². The summed E-state index contributed by atoms with van der Waals surface area (Å²) < 4.78 is 10.5. The van der Waals surface area contributed by atoms with Crippen molar-refractivity contribution in [3.63, 3.8) is 0 Å². The first-order valence-corrected chi connectivity index (χ1v) is 6.50. The number of ether oxygens (including phenoxy) is 2. The maximum Gasteiger partial charge on any atom is 0.0701 e. The van der Waals surface area contributed by atoms with Crippen LogP contribution in [0.5, 0.6) is 0 Å². The van der Waals surface area contributed by atoms with Crippen molar-refractivity contribution in [3.8, 4) is 0 Å². The third-order valence-corrected chi connectivity index (χ3v) is 2.53. The second-order valence-electron chi connectivity index (χ2n) is 4.69. The minimum absolute atomic E-state index is 0.499. The predicted octanol–water partition coefficient (Wildman–Crippen LogP) is 2.45. The molecule has 98 valence electrons. The number of rotatable bonds is 11. The van der Waals surface area contributed by atoms with E-state index in [4.69, 9.17) is 9.47 Å². The van der Waals surface area contributed by atoms with E-state index in [2.05, 4.69) is 26.1 Å². The Labute approximate surface area is 101 Å². The first-order chi connectivity index (χ1) is 7.70. The van der Waals surface area contributed by atoms with Gasteiger partial charge in [-0.3, -0.25) is 0 Å². The van der Waals surface area contributed by atoms with Crippen molar-refractivity contribution in [2.75, 3.05) is 33.5 Å². The van der Waals surface area contributed by atoms with E-state index in [1.165, 1.54) is 19.3 Å². The van der Waals surface area contributed by atoms with Gasteiger partial charge in [-0.1, -0.05) is 20.8 Å². The molecule has 0 fully saturated rings. The average molecular weight is 231 g/mol. The lowest BCUT2D eigenvalue weighted by Gasteiger charge is -2.19. The largest absolute Gasteiger partial charge is 0.382 e. The van der Waals surface area contributed by atoms with Gasteiger partial charge in [0.2, 0.25) is 0 Å². The smallest absolute Gasteiger partial charge is 0.0701 e. The molecule has 0 bridgehead atoms. The van der Waals surface area contributed by atoms with Gasteiger partial charge in [0.05, 0.1) is 19.8 Å². The molecular formula is C13H29NO2. The molecule has 1 atom stereocenters. The summed E-state index contributed by atoms with van der Waals surface area (Å²) in [4.78, 5) is 0. The van der Waals surface area contributed by atoms with Gasteiger partial charge in [-0.05, 0) is 31.7 Å². The van der Waals surface area contributed by atoms with Crippen LogP contribution in [-0.4, -0.2) is 39.5 Å². The Morgan fingerprint density at radius 2 is 1.88 bits per heavy atom. The highest BCUT2D eigenvalue weighted by Gasteiger charge is 2.08. The fraction of sp³-hybridized carbons (Fsp3) is 1.00. The van der Waals surface area contributed by atoms with E-state index in [0.29, 0.717) is 19.3 Å². The molecule has 0 spiro atoms. The fourth-order valence-corrected chi connectivity index (χ4v) is 1.50. The molecule has 0 aliphatic carbocycles. The van der Waals surface area contributed by atoms with Crippen LogP contribution in [0.25, 0.3) is 0 Å². The van der Waals surface area contributed by atoms with Gasteiger partial charge < -0.3 is 14.8 Å². The first kappa shape index (κ1) is 15.9. The van der Waals surface area contributed by atoms with Crippen LogP contribution >= 0.6 is 0 Å². The topological polar surface area (TPSA) is 30.5 Å². The SMILES string of the molecule is CCCNC(CCC(C)C)COCCOC. The molecule has 1 N–H and O–H groups in total. The summed E-state index contributed by atoms with van der Waals surface area (Å²) in [5.41, 5.74) is 0. The molecule has 1 unspecified atom stereocenters. The maximum atomic E-state index is 5.58. The van der Waals surface area contributed by atoms with Crippen LogP contribution in [0.15, 0.2) is 0 Å². The van der Waals surface area contributed by atoms with Crippen molar-refractivity contribution in [2.24, 2.45) is 5.92 Å². The second-order valence-corrected chi connectivity index (χ2v) is 4.69. The number of nitrogens with one attached hydrogen (secondary N) is 1. The first-order valence-electron chi connectivity index (χ1n) is 6.50. The van der Waals surface area contributed by atoms with Gasteiger partial charge in [0.15, 0.2) is 0 Å². The van der Waals surface area contributed by atoms with E-state index < -0.39 is 0 Å². The zero-order valence-electron chi connectivity index (χ0n) is 11.4. The lowest BCUT2D eigenvalue weighted by Crippen LogP contribution is -2.34. The van der Waals surface area contributed by atoms with E-state index >= 15 is 0 Å². The molecule has 0 aromatic carbocycles. The van der Waals surface area contributed by atoms with Gasteiger partial charge in [0.25, 0.3) is 0 Å². The summed E-state index contributed by atoms with van der Waals surface area (Å²) in [6.07, 6.45) is 3.63. The summed E-state index contributed by atoms with van der Waals surface area (Å²) >= 11 is 0. The monoisotopic (exact) mass is 231 g/mol. The predicted molar refractivity (Wildman–Crippen MR) is 68.8 cm³/mol. The van der Waals surface area contributed by atoms with Crippen LogP contribution < -0.4 is 5.32 Å². The zero-order chi connectivity index (χ0) is 12.2. The Bertz CT molecular complexity index is 140. The molecule has 0 saturated carbocycles. The van der Waals surface area contributed by atoms with Crippen LogP contribution in [-0.2, 0) is 9.47 Å². The van der Waals surface area contributed by atoms with E-state index in [1.54, 1.807) is 7.11 Å². The Balaban J connectivity index is 3.62. The van der Waals surface area contributed by atoms with Gasteiger partial charge >= 0.3 is 0 Å². The van der Waals surface area contributed by atoms with Crippen LogP contribution in [0.4, 0.5) is 0 Å². The Morgan fingerprint density at radius 1 is 1.12 bits per heavy atom. The number of hydrogen-bond acceptors (Lipinski definition) is 3. The normalized spacial score (nSPS) is 13.3. The molecule has 0 aromatic heterocycles. The molecule has 0 radical (unpaired) electrons. The Morgan fingerprint density at radius 3 is 2.44 bits per heavy atom. The highest BCUT2D eigenvalue weighted by molar-refractivity contribution is 4.66. The summed E-state index contributed by atoms with van der Waals surface area (Å²) in [5, 5.41) is 3.54. The molecule has 0 aliphatic rings. The highest BCUT2D eigenvalue weighted by atomic mass is 16.5. The molecule has 0 amide bonds. The standard InChI is InChI=1S/C13H29NO2/c1-5-8-14-13(7-6-12(2)3)11-16-10-9-15-4/h12-14H,5-11H2,1-4H3. The van der Waals surface area contributed by atoms with Gasteiger partial charge in [-0.2, -0.15) is 0 Å².